The quantitative estimate of drug-likeness (QED) is 0.403. The van der Waals surface area contributed by atoms with Gasteiger partial charge in [-0.3, -0.25) is 9.78 Å². The van der Waals surface area contributed by atoms with Gasteiger partial charge in [-0.05, 0) is 49.7 Å². The van der Waals surface area contributed by atoms with Crippen LogP contribution >= 0.6 is 0 Å². The Morgan fingerprint density at radius 2 is 1.75 bits per heavy atom. The third kappa shape index (κ3) is 4.61. The molecular formula is C26H24FN3O5S. The number of benzene rings is 1. The van der Waals surface area contributed by atoms with Crippen LogP contribution in [0.25, 0.3) is 33.6 Å². The third-order valence-electron chi connectivity index (χ3n) is 6.03. The van der Waals surface area contributed by atoms with Gasteiger partial charge in [0.05, 0.1) is 17.8 Å². The summed E-state index contributed by atoms with van der Waals surface area (Å²) < 4.78 is 50.0. The first-order chi connectivity index (χ1) is 17.1. The van der Waals surface area contributed by atoms with Gasteiger partial charge in [0.2, 0.25) is 0 Å². The van der Waals surface area contributed by atoms with Crippen molar-refractivity contribution in [2.24, 2.45) is 0 Å². The van der Waals surface area contributed by atoms with E-state index in [0.717, 1.165) is 6.26 Å². The molecule has 8 nitrogen and oxygen atoms in total. The van der Waals surface area contributed by atoms with E-state index >= 15 is 0 Å². The van der Waals surface area contributed by atoms with Crippen LogP contribution in [-0.4, -0.2) is 60.7 Å². The lowest BCUT2D eigenvalue weighted by Crippen LogP contribution is -2.48. The molecule has 186 valence electrons. The Kier molecular flexibility index (Phi) is 6.09. The number of sulfone groups is 1. The molecule has 0 bridgehead atoms. The van der Waals surface area contributed by atoms with Crippen molar-refractivity contribution in [1.29, 1.82) is 0 Å². The number of halogens is 1. The highest BCUT2D eigenvalue weighted by Crippen LogP contribution is 2.34. The molecule has 0 saturated carbocycles. The van der Waals surface area contributed by atoms with Crippen molar-refractivity contribution in [3.8, 4) is 22.5 Å². The van der Waals surface area contributed by atoms with Crippen molar-refractivity contribution >= 4 is 26.8 Å². The van der Waals surface area contributed by atoms with Crippen molar-refractivity contribution in [2.45, 2.75) is 31.1 Å². The number of amides is 1. The number of hydrogen-bond acceptors (Lipinski definition) is 7. The van der Waals surface area contributed by atoms with Crippen LogP contribution in [0.2, 0.25) is 0 Å². The molecule has 1 aliphatic rings. The minimum atomic E-state index is -3.42. The number of fused-ring (bicyclic) bond motifs is 1. The molecule has 1 aromatic carbocycles. The van der Waals surface area contributed by atoms with Gasteiger partial charge in [-0.25, -0.2) is 17.8 Å². The minimum Gasteiger partial charge on any atom is -0.454 e. The molecule has 1 fully saturated rings. The van der Waals surface area contributed by atoms with Gasteiger partial charge in [0, 0.05) is 48.9 Å². The second-order valence-electron chi connectivity index (χ2n) is 9.00. The molecule has 0 radical (unpaired) electrons. The summed E-state index contributed by atoms with van der Waals surface area (Å²) in [5.41, 5.74) is 2.82. The van der Waals surface area contributed by atoms with Crippen LogP contribution < -0.4 is 0 Å². The molecule has 0 N–H and O–H groups in total. The summed E-state index contributed by atoms with van der Waals surface area (Å²) in [7, 11) is -3.42. The van der Waals surface area contributed by atoms with Gasteiger partial charge in [-0.15, -0.1) is 0 Å². The normalized spacial score (nSPS) is 18.5. The van der Waals surface area contributed by atoms with Crippen molar-refractivity contribution in [1.82, 2.24) is 14.9 Å². The summed E-state index contributed by atoms with van der Waals surface area (Å²) in [6.45, 7) is 4.55. The highest BCUT2D eigenvalue weighted by molar-refractivity contribution is 7.90. The van der Waals surface area contributed by atoms with Gasteiger partial charge in [0.1, 0.15) is 17.1 Å². The van der Waals surface area contributed by atoms with E-state index in [1.54, 1.807) is 35.4 Å². The van der Waals surface area contributed by atoms with Crippen LogP contribution in [0.5, 0.6) is 0 Å². The molecule has 0 unspecified atom stereocenters. The number of carbonyl (C=O) groups excluding carboxylic acids is 1. The molecule has 0 aliphatic carbocycles. The highest BCUT2D eigenvalue weighted by atomic mass is 32.2. The van der Waals surface area contributed by atoms with Gasteiger partial charge in [0.25, 0.3) is 5.91 Å². The number of morpholine rings is 1. The van der Waals surface area contributed by atoms with E-state index in [1.807, 2.05) is 13.8 Å². The fraction of sp³-hybridized carbons (Fsp3) is 0.269. The molecule has 4 aromatic rings. The van der Waals surface area contributed by atoms with E-state index in [9.17, 15) is 17.6 Å². The molecule has 3 aromatic heterocycles. The van der Waals surface area contributed by atoms with E-state index in [2.05, 4.69) is 9.97 Å². The summed E-state index contributed by atoms with van der Waals surface area (Å²) in [6, 6.07) is 10.9. The van der Waals surface area contributed by atoms with Gasteiger partial charge in [-0.2, -0.15) is 0 Å². The maximum Gasteiger partial charge on any atom is 0.257 e. The maximum atomic E-state index is 14.8. The molecule has 1 saturated heterocycles. The zero-order chi connectivity index (χ0) is 25.6. The highest BCUT2D eigenvalue weighted by Gasteiger charge is 2.28. The van der Waals surface area contributed by atoms with Gasteiger partial charge in [0.15, 0.2) is 20.4 Å². The van der Waals surface area contributed by atoms with Crippen molar-refractivity contribution in [3.05, 3.63) is 66.2 Å². The first kappa shape index (κ1) is 24.1. The maximum absolute atomic E-state index is 14.8. The number of hydrogen-bond donors (Lipinski definition) is 0. The van der Waals surface area contributed by atoms with Gasteiger partial charge < -0.3 is 14.1 Å². The minimum absolute atomic E-state index is 0.0221. The van der Waals surface area contributed by atoms with Crippen molar-refractivity contribution in [3.63, 3.8) is 0 Å². The predicted octanol–water partition coefficient (Wildman–Crippen LogP) is 4.35. The number of pyridine rings is 2. The molecule has 4 heterocycles. The van der Waals surface area contributed by atoms with Crippen LogP contribution in [0.3, 0.4) is 0 Å². The summed E-state index contributed by atoms with van der Waals surface area (Å²) in [6.07, 6.45) is 3.86. The topological polar surface area (TPSA) is 103 Å². The summed E-state index contributed by atoms with van der Waals surface area (Å²) in [4.78, 5) is 23.2. The first-order valence-corrected chi connectivity index (χ1v) is 13.3. The second kappa shape index (κ2) is 9.11. The number of furan rings is 1. The zero-order valence-corrected chi connectivity index (χ0v) is 20.8. The van der Waals surface area contributed by atoms with Crippen LogP contribution in [0, 0.1) is 5.82 Å². The van der Waals surface area contributed by atoms with Crippen LogP contribution in [0.1, 0.15) is 24.2 Å². The lowest BCUT2D eigenvalue weighted by Gasteiger charge is -2.35. The number of aromatic nitrogens is 2. The molecule has 36 heavy (non-hydrogen) atoms. The van der Waals surface area contributed by atoms with E-state index in [4.69, 9.17) is 9.15 Å². The Hall–Kier alpha value is -3.63. The number of ether oxygens (including phenoxy) is 1. The Balaban J connectivity index is 1.52. The average molecular weight is 510 g/mol. The van der Waals surface area contributed by atoms with E-state index < -0.39 is 15.7 Å². The lowest BCUT2D eigenvalue weighted by molar-refractivity contribution is -0.0587. The Labute approximate surface area is 207 Å². The van der Waals surface area contributed by atoms with E-state index in [-0.39, 0.29) is 28.7 Å². The number of rotatable bonds is 4. The Morgan fingerprint density at radius 1 is 1.03 bits per heavy atom. The molecule has 2 atom stereocenters. The standard InChI is InChI=1S/C26H24FN3O5S/c1-15-13-30(14-16(2)34-15)26(31)20-10-17(4-6-21(20)27)19-8-9-28-22-11-23(35-25(19)22)18-5-7-24(29-12-18)36(3,32)33/h4-12,15-16H,13-14H2,1-3H3/t15-,16+. The monoisotopic (exact) mass is 509 g/mol. The van der Waals surface area contributed by atoms with E-state index in [0.29, 0.717) is 46.6 Å². The molecule has 0 spiro atoms. The smallest absolute Gasteiger partial charge is 0.257 e. The average Bonchev–Trinajstić information content (AvgIpc) is 3.27. The van der Waals surface area contributed by atoms with Gasteiger partial charge in [-0.1, -0.05) is 6.07 Å². The van der Waals surface area contributed by atoms with Crippen LogP contribution in [0.15, 0.2) is 64.3 Å². The first-order valence-electron chi connectivity index (χ1n) is 11.4. The van der Waals surface area contributed by atoms with Crippen molar-refractivity contribution in [2.75, 3.05) is 19.3 Å². The fourth-order valence-electron chi connectivity index (χ4n) is 4.42. The number of nitrogens with zero attached hydrogens (tertiary/aromatic N) is 3. The molecular weight excluding hydrogens is 485 g/mol. The summed E-state index contributed by atoms with van der Waals surface area (Å²) in [5, 5.41) is -0.0336. The van der Waals surface area contributed by atoms with Crippen LogP contribution in [0.4, 0.5) is 4.39 Å². The third-order valence-corrected chi connectivity index (χ3v) is 7.03. The second-order valence-corrected chi connectivity index (χ2v) is 11.0. The summed E-state index contributed by atoms with van der Waals surface area (Å²) in [5.74, 6) is -0.538. The summed E-state index contributed by atoms with van der Waals surface area (Å²) >= 11 is 0. The van der Waals surface area contributed by atoms with E-state index in [1.165, 1.54) is 24.4 Å². The predicted molar refractivity (Wildman–Crippen MR) is 132 cm³/mol. The Bertz CT molecular complexity index is 1560. The Morgan fingerprint density at radius 3 is 2.42 bits per heavy atom. The SMILES string of the molecule is C[C@@H]1CN(C(=O)c2cc(-c3ccnc4cc(-c5ccc(S(C)(=O)=O)nc5)oc34)ccc2F)C[C@H](C)O1. The fourth-order valence-corrected chi connectivity index (χ4v) is 4.98. The largest absolute Gasteiger partial charge is 0.454 e. The lowest BCUT2D eigenvalue weighted by atomic mass is 10.0. The van der Waals surface area contributed by atoms with Crippen molar-refractivity contribution < 1.29 is 26.8 Å². The zero-order valence-electron chi connectivity index (χ0n) is 19.9. The molecule has 1 aliphatic heterocycles. The molecule has 1 amide bonds. The molecule has 10 heteroatoms. The number of carbonyl (C=O) groups is 1. The van der Waals surface area contributed by atoms with Crippen LogP contribution in [-0.2, 0) is 14.6 Å². The molecule has 5 rings (SSSR count). The van der Waals surface area contributed by atoms with Gasteiger partial charge >= 0.3 is 0 Å².